The molecular formula is C13H28IN3S. The normalized spacial score (nSPS) is 19.7. The maximum Gasteiger partial charge on any atom is 0.193 e. The molecule has 1 fully saturated rings. The van der Waals surface area contributed by atoms with Gasteiger partial charge in [0, 0.05) is 31.4 Å². The first-order valence-corrected chi connectivity index (χ1v) is 7.53. The Balaban J connectivity index is 0.00000289. The summed E-state index contributed by atoms with van der Waals surface area (Å²) in [5, 5.41) is 3.50. The van der Waals surface area contributed by atoms with Crippen LogP contribution in [0.1, 0.15) is 34.1 Å². The Labute approximate surface area is 134 Å². The second-order valence-corrected chi connectivity index (χ2v) is 7.71. The summed E-state index contributed by atoms with van der Waals surface area (Å²) in [4.78, 5) is 6.77. The van der Waals surface area contributed by atoms with Gasteiger partial charge in [-0.15, -0.1) is 24.0 Å². The van der Waals surface area contributed by atoms with Gasteiger partial charge in [-0.1, -0.05) is 13.8 Å². The van der Waals surface area contributed by atoms with Crippen LogP contribution in [0.2, 0.25) is 0 Å². The predicted octanol–water partition coefficient (Wildman–Crippen LogP) is 3.05. The number of nitrogens with zero attached hydrogens (tertiary/aromatic N) is 2. The van der Waals surface area contributed by atoms with Gasteiger partial charge in [0.05, 0.1) is 0 Å². The second kappa shape index (κ2) is 7.22. The molecule has 0 atom stereocenters. The molecule has 1 aliphatic rings. The van der Waals surface area contributed by atoms with Crippen molar-refractivity contribution in [1.29, 1.82) is 0 Å². The zero-order valence-corrected chi connectivity index (χ0v) is 15.7. The first kappa shape index (κ1) is 18.4. The molecule has 0 aromatic heterocycles. The van der Waals surface area contributed by atoms with Gasteiger partial charge in [-0.05, 0) is 31.9 Å². The average molecular weight is 385 g/mol. The lowest BCUT2D eigenvalue weighted by Gasteiger charge is -2.28. The van der Waals surface area contributed by atoms with Gasteiger partial charge in [-0.3, -0.25) is 4.99 Å². The van der Waals surface area contributed by atoms with Gasteiger partial charge in [0.15, 0.2) is 5.96 Å². The molecule has 0 unspecified atom stereocenters. The molecular weight excluding hydrogens is 357 g/mol. The first-order chi connectivity index (χ1) is 7.79. The van der Waals surface area contributed by atoms with Gasteiger partial charge < -0.3 is 10.2 Å². The number of rotatable bonds is 3. The van der Waals surface area contributed by atoms with Crippen molar-refractivity contribution in [3.8, 4) is 0 Å². The SMILES string of the molecule is CN=C(NCC(C)(C)SC)N1CCC(C)(C)C1.I. The summed E-state index contributed by atoms with van der Waals surface area (Å²) < 4.78 is 0.255. The van der Waals surface area contributed by atoms with E-state index in [9.17, 15) is 0 Å². The Hall–Kier alpha value is 0.350. The van der Waals surface area contributed by atoms with Crippen LogP contribution in [-0.2, 0) is 0 Å². The van der Waals surface area contributed by atoms with Crippen LogP contribution >= 0.6 is 35.7 Å². The third-order valence-corrected chi connectivity index (χ3v) is 4.66. The fourth-order valence-electron chi connectivity index (χ4n) is 1.99. The Kier molecular flexibility index (Phi) is 7.36. The third kappa shape index (κ3) is 5.55. The van der Waals surface area contributed by atoms with Gasteiger partial charge in [0.2, 0.25) is 0 Å². The molecule has 0 aromatic rings. The summed E-state index contributed by atoms with van der Waals surface area (Å²) in [6.45, 7) is 12.3. The molecule has 18 heavy (non-hydrogen) atoms. The molecule has 5 heteroatoms. The maximum atomic E-state index is 4.40. The van der Waals surface area contributed by atoms with Crippen molar-refractivity contribution in [3.63, 3.8) is 0 Å². The molecule has 0 spiro atoms. The van der Waals surface area contributed by atoms with Gasteiger partial charge in [0.25, 0.3) is 0 Å². The van der Waals surface area contributed by atoms with Crippen LogP contribution in [-0.4, -0.2) is 48.5 Å². The van der Waals surface area contributed by atoms with Crippen molar-refractivity contribution in [3.05, 3.63) is 0 Å². The average Bonchev–Trinajstić information content (AvgIpc) is 2.60. The van der Waals surface area contributed by atoms with Gasteiger partial charge in [0.1, 0.15) is 0 Å². The zero-order valence-electron chi connectivity index (χ0n) is 12.5. The molecule has 1 saturated heterocycles. The minimum Gasteiger partial charge on any atom is -0.355 e. The van der Waals surface area contributed by atoms with Crippen molar-refractivity contribution >= 4 is 41.7 Å². The minimum atomic E-state index is 0. The van der Waals surface area contributed by atoms with E-state index in [-0.39, 0.29) is 28.7 Å². The highest BCUT2D eigenvalue weighted by molar-refractivity contribution is 14.0. The second-order valence-electron chi connectivity index (χ2n) is 6.20. The molecule has 1 N–H and O–H groups in total. The Morgan fingerprint density at radius 3 is 2.44 bits per heavy atom. The predicted molar refractivity (Wildman–Crippen MR) is 94.3 cm³/mol. The highest BCUT2D eigenvalue weighted by Gasteiger charge is 2.31. The van der Waals surface area contributed by atoms with E-state index in [1.165, 1.54) is 6.42 Å². The number of guanidine groups is 1. The molecule has 0 aromatic carbocycles. The Morgan fingerprint density at radius 1 is 1.44 bits per heavy atom. The van der Waals surface area contributed by atoms with Crippen molar-refractivity contribution in [1.82, 2.24) is 10.2 Å². The van der Waals surface area contributed by atoms with E-state index in [1.54, 1.807) is 0 Å². The summed E-state index contributed by atoms with van der Waals surface area (Å²) in [7, 11) is 1.87. The van der Waals surface area contributed by atoms with E-state index < -0.39 is 0 Å². The highest BCUT2D eigenvalue weighted by Crippen LogP contribution is 2.28. The third-order valence-electron chi connectivity index (χ3n) is 3.41. The molecule has 1 heterocycles. The summed E-state index contributed by atoms with van der Waals surface area (Å²) in [6.07, 6.45) is 3.41. The van der Waals surface area contributed by atoms with Crippen LogP contribution in [0.25, 0.3) is 0 Å². The van der Waals surface area contributed by atoms with Crippen LogP contribution in [0, 0.1) is 5.41 Å². The van der Waals surface area contributed by atoms with E-state index in [4.69, 9.17) is 0 Å². The van der Waals surface area contributed by atoms with Crippen LogP contribution in [0.3, 0.4) is 0 Å². The number of likely N-dealkylation sites (tertiary alicyclic amines) is 1. The van der Waals surface area contributed by atoms with Gasteiger partial charge >= 0.3 is 0 Å². The summed E-state index contributed by atoms with van der Waals surface area (Å²) in [6, 6.07) is 0. The Morgan fingerprint density at radius 2 is 2.06 bits per heavy atom. The number of nitrogens with one attached hydrogen (secondary N) is 1. The number of hydrogen-bond acceptors (Lipinski definition) is 2. The maximum absolute atomic E-state index is 4.40. The van der Waals surface area contributed by atoms with Crippen LogP contribution in [0.5, 0.6) is 0 Å². The molecule has 1 rings (SSSR count). The van der Waals surface area contributed by atoms with Gasteiger partial charge in [-0.2, -0.15) is 11.8 Å². The van der Waals surface area contributed by atoms with Crippen LogP contribution in [0.4, 0.5) is 0 Å². The van der Waals surface area contributed by atoms with E-state index >= 15 is 0 Å². The summed E-state index contributed by atoms with van der Waals surface area (Å²) in [5.74, 6) is 1.05. The smallest absolute Gasteiger partial charge is 0.193 e. The van der Waals surface area contributed by atoms with Crippen molar-refractivity contribution in [2.75, 3.05) is 32.9 Å². The molecule has 1 aliphatic heterocycles. The lowest BCUT2D eigenvalue weighted by Crippen LogP contribution is -2.45. The number of thioether (sulfide) groups is 1. The van der Waals surface area contributed by atoms with Crippen molar-refractivity contribution < 1.29 is 0 Å². The minimum absolute atomic E-state index is 0. The van der Waals surface area contributed by atoms with Crippen molar-refractivity contribution in [2.24, 2.45) is 10.4 Å². The monoisotopic (exact) mass is 385 g/mol. The van der Waals surface area contributed by atoms with Crippen molar-refractivity contribution in [2.45, 2.75) is 38.9 Å². The number of hydrogen-bond donors (Lipinski definition) is 1. The molecule has 0 radical (unpaired) electrons. The van der Waals surface area contributed by atoms with Crippen LogP contribution < -0.4 is 5.32 Å². The van der Waals surface area contributed by atoms with Gasteiger partial charge in [-0.25, -0.2) is 0 Å². The van der Waals surface area contributed by atoms with E-state index in [1.807, 2.05) is 18.8 Å². The van der Waals surface area contributed by atoms with E-state index in [0.717, 1.165) is 25.6 Å². The molecule has 0 amide bonds. The quantitative estimate of drug-likeness (QED) is 0.460. The molecule has 0 aliphatic carbocycles. The summed E-state index contributed by atoms with van der Waals surface area (Å²) in [5.41, 5.74) is 0.423. The number of halogens is 1. The van der Waals surface area contributed by atoms with E-state index in [0.29, 0.717) is 5.41 Å². The molecule has 0 bridgehead atoms. The van der Waals surface area contributed by atoms with E-state index in [2.05, 4.69) is 49.2 Å². The largest absolute Gasteiger partial charge is 0.355 e. The Bertz CT molecular complexity index is 290. The fraction of sp³-hybridized carbons (Fsp3) is 0.923. The summed E-state index contributed by atoms with van der Waals surface area (Å²) >= 11 is 1.89. The lowest BCUT2D eigenvalue weighted by molar-refractivity contribution is 0.369. The lowest BCUT2D eigenvalue weighted by atomic mass is 9.93. The molecule has 0 saturated carbocycles. The zero-order chi connectivity index (χ0) is 13.1. The molecule has 108 valence electrons. The first-order valence-electron chi connectivity index (χ1n) is 6.30. The number of aliphatic imine (C=N–C) groups is 1. The van der Waals surface area contributed by atoms with Crippen LogP contribution in [0.15, 0.2) is 4.99 Å². The highest BCUT2D eigenvalue weighted by atomic mass is 127. The topological polar surface area (TPSA) is 27.6 Å². The fourth-order valence-corrected chi connectivity index (χ4v) is 2.21. The molecule has 3 nitrogen and oxygen atoms in total. The standard InChI is InChI=1S/C13H27N3S.HI/c1-12(2)7-8-16(10-12)11(14-5)15-9-13(3,4)17-6;/h7-10H2,1-6H3,(H,14,15);1H.